The van der Waals surface area contributed by atoms with Crippen LogP contribution in [0.4, 0.5) is 11.6 Å². The van der Waals surface area contributed by atoms with E-state index in [0.717, 1.165) is 37.4 Å². The molecule has 2 rings (SSSR count). The van der Waals surface area contributed by atoms with Gasteiger partial charge in [0.15, 0.2) is 0 Å². The number of anilines is 2. The lowest BCUT2D eigenvalue weighted by Gasteiger charge is -2.10. The van der Waals surface area contributed by atoms with Crippen molar-refractivity contribution in [2.75, 3.05) is 35.7 Å². The van der Waals surface area contributed by atoms with Crippen LogP contribution in [0.2, 0.25) is 0 Å². The van der Waals surface area contributed by atoms with Gasteiger partial charge in [-0.05, 0) is 19.3 Å². The molecule has 6 nitrogen and oxygen atoms in total. The van der Waals surface area contributed by atoms with Gasteiger partial charge in [-0.1, -0.05) is 6.92 Å². The Hall–Kier alpha value is -1.37. The lowest BCUT2D eigenvalue weighted by molar-refractivity contribution is 0.602. The molecule has 0 atom stereocenters. The van der Waals surface area contributed by atoms with Gasteiger partial charge in [0.05, 0.1) is 5.75 Å². The molecule has 20 heavy (non-hydrogen) atoms. The van der Waals surface area contributed by atoms with Crippen molar-refractivity contribution in [1.82, 2.24) is 9.97 Å². The van der Waals surface area contributed by atoms with Crippen molar-refractivity contribution in [2.45, 2.75) is 32.1 Å². The molecular weight excluding hydrogens is 276 g/mol. The highest BCUT2D eigenvalue weighted by Crippen LogP contribution is 2.38. The van der Waals surface area contributed by atoms with Crippen LogP contribution < -0.4 is 10.6 Å². The molecule has 1 saturated carbocycles. The Kier molecular flexibility index (Phi) is 4.80. The summed E-state index contributed by atoms with van der Waals surface area (Å²) in [6.07, 6.45) is 4.54. The molecule has 0 radical (unpaired) electrons. The van der Waals surface area contributed by atoms with E-state index < -0.39 is 9.84 Å². The SMILES string of the molecule is CCCNc1cc(NCCS(C)(=O)=O)nc(C2CC2)n1. The molecule has 1 heterocycles. The van der Waals surface area contributed by atoms with Gasteiger partial charge < -0.3 is 10.6 Å². The normalized spacial score (nSPS) is 15.1. The number of aromatic nitrogens is 2. The van der Waals surface area contributed by atoms with E-state index in [1.807, 2.05) is 6.07 Å². The maximum Gasteiger partial charge on any atom is 0.149 e. The maximum absolute atomic E-state index is 11.1. The summed E-state index contributed by atoms with van der Waals surface area (Å²) in [5, 5.41) is 6.33. The van der Waals surface area contributed by atoms with Crippen LogP contribution in [0.25, 0.3) is 0 Å². The van der Waals surface area contributed by atoms with Crippen LogP contribution in [0.5, 0.6) is 0 Å². The van der Waals surface area contributed by atoms with Gasteiger partial charge in [0.25, 0.3) is 0 Å². The molecule has 1 fully saturated rings. The lowest BCUT2D eigenvalue weighted by Crippen LogP contribution is -2.16. The first kappa shape index (κ1) is 15.0. The molecule has 2 N–H and O–H groups in total. The summed E-state index contributed by atoms with van der Waals surface area (Å²) in [7, 11) is -2.95. The lowest BCUT2D eigenvalue weighted by atomic mass is 10.3. The molecule has 1 aliphatic carbocycles. The largest absolute Gasteiger partial charge is 0.370 e. The summed E-state index contributed by atoms with van der Waals surface area (Å²) in [5.41, 5.74) is 0. The van der Waals surface area contributed by atoms with E-state index in [4.69, 9.17) is 0 Å². The number of hydrogen-bond donors (Lipinski definition) is 2. The third-order valence-electron chi connectivity index (χ3n) is 3.02. The van der Waals surface area contributed by atoms with Gasteiger partial charge in [0, 0.05) is 31.3 Å². The highest BCUT2D eigenvalue weighted by atomic mass is 32.2. The molecule has 0 spiro atoms. The first-order chi connectivity index (χ1) is 9.48. The van der Waals surface area contributed by atoms with Gasteiger partial charge in [-0.3, -0.25) is 0 Å². The van der Waals surface area contributed by atoms with Crippen LogP contribution in [-0.4, -0.2) is 43.5 Å². The zero-order chi connectivity index (χ0) is 14.6. The fourth-order valence-corrected chi connectivity index (χ4v) is 2.26. The fraction of sp³-hybridized carbons (Fsp3) is 0.692. The van der Waals surface area contributed by atoms with Crippen molar-refractivity contribution in [3.05, 3.63) is 11.9 Å². The van der Waals surface area contributed by atoms with Gasteiger partial charge in [-0.25, -0.2) is 18.4 Å². The summed E-state index contributed by atoms with van der Waals surface area (Å²) in [6, 6.07) is 1.84. The van der Waals surface area contributed by atoms with E-state index in [1.165, 1.54) is 6.26 Å². The molecule has 112 valence electrons. The molecule has 0 bridgehead atoms. The maximum atomic E-state index is 11.1. The smallest absolute Gasteiger partial charge is 0.149 e. The number of nitrogens with zero attached hydrogens (tertiary/aromatic N) is 2. The second kappa shape index (κ2) is 6.39. The molecule has 0 amide bonds. The molecule has 0 aliphatic heterocycles. The summed E-state index contributed by atoms with van der Waals surface area (Å²) in [6.45, 7) is 3.33. The third kappa shape index (κ3) is 4.96. The second-order valence-electron chi connectivity index (χ2n) is 5.25. The summed E-state index contributed by atoms with van der Waals surface area (Å²) in [5.74, 6) is 2.93. The van der Waals surface area contributed by atoms with Gasteiger partial charge in [0.1, 0.15) is 27.3 Å². The highest BCUT2D eigenvalue weighted by Gasteiger charge is 2.27. The quantitative estimate of drug-likeness (QED) is 0.759. The van der Waals surface area contributed by atoms with Gasteiger partial charge in [-0.15, -0.1) is 0 Å². The minimum absolute atomic E-state index is 0.105. The van der Waals surface area contributed by atoms with E-state index in [1.54, 1.807) is 0 Å². The van der Waals surface area contributed by atoms with Gasteiger partial charge in [0.2, 0.25) is 0 Å². The van der Waals surface area contributed by atoms with Crippen LogP contribution >= 0.6 is 0 Å². The van der Waals surface area contributed by atoms with E-state index in [-0.39, 0.29) is 5.75 Å². The van der Waals surface area contributed by atoms with Crippen LogP contribution in [0, 0.1) is 0 Å². The van der Waals surface area contributed by atoms with Crippen LogP contribution in [0.3, 0.4) is 0 Å². The van der Waals surface area contributed by atoms with E-state index >= 15 is 0 Å². The number of rotatable bonds is 8. The molecule has 0 saturated heterocycles. The Morgan fingerprint density at radius 2 is 1.80 bits per heavy atom. The topological polar surface area (TPSA) is 84.0 Å². The van der Waals surface area contributed by atoms with E-state index in [0.29, 0.717) is 18.3 Å². The highest BCUT2D eigenvalue weighted by molar-refractivity contribution is 7.90. The minimum Gasteiger partial charge on any atom is -0.370 e. The standard InChI is InChI=1S/C13H22N4O2S/c1-3-6-14-11-9-12(15-7-8-20(2,18)19)17-13(16-11)10-4-5-10/h9-10H,3-8H2,1-2H3,(H2,14,15,16,17). The van der Waals surface area contributed by atoms with Crippen molar-refractivity contribution >= 4 is 21.5 Å². The van der Waals surface area contributed by atoms with Crippen molar-refractivity contribution in [2.24, 2.45) is 0 Å². The second-order valence-corrected chi connectivity index (χ2v) is 7.51. The van der Waals surface area contributed by atoms with Crippen molar-refractivity contribution in [3.8, 4) is 0 Å². The van der Waals surface area contributed by atoms with Crippen LogP contribution in [-0.2, 0) is 9.84 Å². The first-order valence-corrected chi connectivity index (χ1v) is 9.08. The predicted octanol–water partition coefficient (Wildman–Crippen LogP) is 1.63. The fourth-order valence-electron chi connectivity index (χ4n) is 1.79. The Morgan fingerprint density at radius 3 is 2.30 bits per heavy atom. The Labute approximate surface area is 120 Å². The zero-order valence-corrected chi connectivity index (χ0v) is 12.8. The predicted molar refractivity (Wildman–Crippen MR) is 81.0 cm³/mol. The van der Waals surface area contributed by atoms with Crippen molar-refractivity contribution < 1.29 is 8.42 Å². The number of sulfone groups is 1. The molecule has 0 unspecified atom stereocenters. The molecular formula is C13H22N4O2S. The average Bonchev–Trinajstić information content (AvgIpc) is 3.19. The van der Waals surface area contributed by atoms with Crippen LogP contribution in [0.15, 0.2) is 6.07 Å². The van der Waals surface area contributed by atoms with Crippen LogP contribution in [0.1, 0.15) is 37.9 Å². The Bertz CT molecular complexity index is 555. The van der Waals surface area contributed by atoms with E-state index in [9.17, 15) is 8.42 Å². The molecule has 7 heteroatoms. The molecule has 1 aliphatic rings. The average molecular weight is 298 g/mol. The number of hydrogen-bond acceptors (Lipinski definition) is 6. The first-order valence-electron chi connectivity index (χ1n) is 7.02. The zero-order valence-electron chi connectivity index (χ0n) is 12.0. The monoisotopic (exact) mass is 298 g/mol. The summed E-state index contributed by atoms with van der Waals surface area (Å²) in [4.78, 5) is 8.98. The Balaban J connectivity index is 2.04. The van der Waals surface area contributed by atoms with Crippen molar-refractivity contribution in [1.29, 1.82) is 0 Å². The third-order valence-corrected chi connectivity index (χ3v) is 3.97. The molecule has 1 aromatic rings. The summed E-state index contributed by atoms with van der Waals surface area (Å²) >= 11 is 0. The van der Waals surface area contributed by atoms with Gasteiger partial charge in [-0.2, -0.15) is 0 Å². The van der Waals surface area contributed by atoms with E-state index in [2.05, 4.69) is 27.5 Å². The minimum atomic E-state index is -2.95. The number of nitrogens with one attached hydrogen (secondary N) is 2. The Morgan fingerprint density at radius 1 is 1.20 bits per heavy atom. The van der Waals surface area contributed by atoms with Crippen molar-refractivity contribution in [3.63, 3.8) is 0 Å². The van der Waals surface area contributed by atoms with Gasteiger partial charge >= 0.3 is 0 Å². The molecule has 1 aromatic heterocycles. The summed E-state index contributed by atoms with van der Waals surface area (Å²) < 4.78 is 22.3. The molecule has 0 aromatic carbocycles.